The van der Waals surface area contributed by atoms with Crippen molar-refractivity contribution in [2.45, 2.75) is 58.0 Å². The van der Waals surface area contributed by atoms with Crippen molar-refractivity contribution in [1.82, 2.24) is 15.1 Å². The Morgan fingerprint density at radius 2 is 2.12 bits per heavy atom. The number of halogens is 1. The molecule has 2 aliphatic carbocycles. The molecule has 2 aliphatic rings. The molecule has 1 unspecified atom stereocenters. The molecule has 1 aromatic heterocycles. The molecular formula is C26H27FN4O. The summed E-state index contributed by atoms with van der Waals surface area (Å²) in [5.74, 6) is -0.498. The Labute approximate surface area is 187 Å². The number of aryl methyl sites for hydroxylation is 2. The summed E-state index contributed by atoms with van der Waals surface area (Å²) in [6, 6.07) is 7.78. The average Bonchev–Trinajstić information content (AvgIpc) is 3.50. The number of carbonyl (C=O) groups excluding carboxylic acids is 1. The quantitative estimate of drug-likeness (QED) is 0.505. The van der Waals surface area contributed by atoms with Crippen LogP contribution in [0, 0.1) is 18.3 Å². The van der Waals surface area contributed by atoms with E-state index >= 15 is 0 Å². The zero-order valence-electron chi connectivity index (χ0n) is 18.5. The molecule has 0 saturated heterocycles. The molecule has 1 N–H and O–H groups in total. The standard InChI is InChI=1S/C26H27FN4O/c1-4-5-23(27)25(17(3)14-28)22-10-6-18(12-16(22)2)26(32)31(20-7-8-20)21-9-11-24-19(13-21)15-29-30-24/h4-6,10,12,15,20-21H,1,7-9,11,13H2,2-3H3,(H,29,30)/b23-5+,25-17+. The summed E-state index contributed by atoms with van der Waals surface area (Å²) in [5, 5.41) is 16.6. The number of aromatic nitrogens is 2. The average molecular weight is 431 g/mol. The van der Waals surface area contributed by atoms with Crippen LogP contribution in [0.3, 0.4) is 0 Å². The Balaban J connectivity index is 1.64. The van der Waals surface area contributed by atoms with E-state index in [2.05, 4.69) is 21.7 Å². The number of nitrogens with one attached hydrogen (secondary N) is 1. The van der Waals surface area contributed by atoms with Crippen LogP contribution in [0.25, 0.3) is 5.57 Å². The summed E-state index contributed by atoms with van der Waals surface area (Å²) in [5.41, 5.74) is 4.84. The Morgan fingerprint density at radius 3 is 2.78 bits per heavy atom. The van der Waals surface area contributed by atoms with Gasteiger partial charge in [0.25, 0.3) is 5.91 Å². The van der Waals surface area contributed by atoms with Crippen molar-refractivity contribution in [2.75, 3.05) is 0 Å². The van der Waals surface area contributed by atoms with Crippen LogP contribution in [0.15, 0.2) is 54.5 Å². The number of benzene rings is 1. The van der Waals surface area contributed by atoms with E-state index in [9.17, 15) is 14.4 Å². The highest BCUT2D eigenvalue weighted by Crippen LogP contribution is 2.36. The monoisotopic (exact) mass is 430 g/mol. The number of amides is 1. The van der Waals surface area contributed by atoms with E-state index in [1.165, 1.54) is 23.4 Å². The van der Waals surface area contributed by atoms with Crippen LogP contribution in [0.5, 0.6) is 0 Å². The minimum atomic E-state index is -0.515. The fourth-order valence-corrected chi connectivity index (χ4v) is 4.60. The first-order valence-corrected chi connectivity index (χ1v) is 11.0. The van der Waals surface area contributed by atoms with Gasteiger partial charge in [-0.25, -0.2) is 4.39 Å². The smallest absolute Gasteiger partial charge is 0.254 e. The molecule has 32 heavy (non-hydrogen) atoms. The van der Waals surface area contributed by atoms with Gasteiger partial charge in [0.15, 0.2) is 0 Å². The summed E-state index contributed by atoms with van der Waals surface area (Å²) in [6.07, 6.45) is 9.16. The van der Waals surface area contributed by atoms with Crippen LogP contribution in [0.2, 0.25) is 0 Å². The summed E-state index contributed by atoms with van der Waals surface area (Å²) in [7, 11) is 0. The van der Waals surface area contributed by atoms with Crippen molar-refractivity contribution in [2.24, 2.45) is 0 Å². The molecule has 1 saturated carbocycles. The van der Waals surface area contributed by atoms with Crippen LogP contribution in [-0.4, -0.2) is 33.1 Å². The Kier molecular flexibility index (Phi) is 6.09. The summed E-state index contributed by atoms with van der Waals surface area (Å²) in [6.45, 7) is 6.98. The maximum atomic E-state index is 14.7. The van der Waals surface area contributed by atoms with Gasteiger partial charge in [-0.15, -0.1) is 0 Å². The van der Waals surface area contributed by atoms with Gasteiger partial charge in [0.2, 0.25) is 0 Å². The second-order valence-electron chi connectivity index (χ2n) is 8.61. The lowest BCUT2D eigenvalue weighted by molar-refractivity contribution is 0.0642. The topological polar surface area (TPSA) is 72.8 Å². The number of nitrogens with zero attached hydrogens (tertiary/aromatic N) is 3. The predicted molar refractivity (Wildman–Crippen MR) is 122 cm³/mol. The lowest BCUT2D eigenvalue weighted by atomic mass is 9.91. The van der Waals surface area contributed by atoms with Gasteiger partial charge in [-0.3, -0.25) is 9.89 Å². The molecule has 164 valence electrons. The zero-order chi connectivity index (χ0) is 22.8. The second kappa shape index (κ2) is 8.96. The van der Waals surface area contributed by atoms with Crippen LogP contribution < -0.4 is 0 Å². The summed E-state index contributed by atoms with van der Waals surface area (Å²) >= 11 is 0. The number of carbonyl (C=O) groups is 1. The molecule has 1 atom stereocenters. The van der Waals surface area contributed by atoms with E-state index in [1.807, 2.05) is 25.3 Å². The van der Waals surface area contributed by atoms with Gasteiger partial charge < -0.3 is 4.90 Å². The first kappa shape index (κ1) is 21.8. The second-order valence-corrected chi connectivity index (χ2v) is 8.61. The maximum absolute atomic E-state index is 14.7. The van der Waals surface area contributed by atoms with Crippen LogP contribution >= 0.6 is 0 Å². The van der Waals surface area contributed by atoms with Gasteiger partial charge in [-0.05, 0) is 80.9 Å². The Bertz CT molecular complexity index is 1160. The zero-order valence-corrected chi connectivity index (χ0v) is 18.5. The lowest BCUT2D eigenvalue weighted by Crippen LogP contribution is -2.44. The highest BCUT2D eigenvalue weighted by atomic mass is 19.1. The molecule has 0 spiro atoms. The minimum Gasteiger partial charge on any atom is -0.332 e. The van der Waals surface area contributed by atoms with E-state index in [1.54, 1.807) is 19.1 Å². The highest BCUT2D eigenvalue weighted by Gasteiger charge is 2.39. The SMILES string of the molecule is C=C/C=C(F)\C(=C(/C)C#N)c1ccc(C(=O)N(C2CC2)C2CCc3[nH]ncc3C2)cc1C. The molecule has 1 aromatic carbocycles. The maximum Gasteiger partial charge on any atom is 0.254 e. The van der Waals surface area contributed by atoms with Gasteiger partial charge in [0, 0.05) is 34.5 Å². The molecule has 1 heterocycles. The van der Waals surface area contributed by atoms with Gasteiger partial charge in [0.05, 0.1) is 12.3 Å². The van der Waals surface area contributed by atoms with E-state index < -0.39 is 5.83 Å². The summed E-state index contributed by atoms with van der Waals surface area (Å²) in [4.78, 5) is 15.6. The molecule has 6 heteroatoms. The van der Waals surface area contributed by atoms with Gasteiger partial charge in [0.1, 0.15) is 5.83 Å². The third-order valence-corrected chi connectivity index (χ3v) is 6.35. The van der Waals surface area contributed by atoms with Gasteiger partial charge >= 0.3 is 0 Å². The predicted octanol–water partition coefficient (Wildman–Crippen LogP) is 5.22. The van der Waals surface area contributed by atoms with Crippen molar-refractivity contribution < 1.29 is 9.18 Å². The van der Waals surface area contributed by atoms with Gasteiger partial charge in [-0.2, -0.15) is 10.4 Å². The van der Waals surface area contributed by atoms with Crippen molar-refractivity contribution in [3.63, 3.8) is 0 Å². The number of hydrogen-bond donors (Lipinski definition) is 1. The fraction of sp³-hybridized carbons (Fsp3) is 0.346. The molecule has 4 rings (SSSR count). The number of H-pyrrole nitrogens is 1. The van der Waals surface area contributed by atoms with Crippen molar-refractivity contribution in [3.8, 4) is 6.07 Å². The molecule has 5 nitrogen and oxygen atoms in total. The van der Waals surface area contributed by atoms with E-state index in [0.29, 0.717) is 11.1 Å². The summed E-state index contributed by atoms with van der Waals surface area (Å²) < 4.78 is 14.7. The number of nitriles is 1. The lowest BCUT2D eigenvalue weighted by Gasteiger charge is -2.34. The number of allylic oxidation sites excluding steroid dienone is 5. The minimum absolute atomic E-state index is 0.0173. The van der Waals surface area contributed by atoms with Gasteiger partial charge in [-0.1, -0.05) is 18.7 Å². The van der Waals surface area contributed by atoms with Crippen LogP contribution in [0.1, 0.15) is 58.9 Å². The molecule has 1 amide bonds. The molecule has 0 aliphatic heterocycles. The number of rotatable bonds is 6. The van der Waals surface area contributed by atoms with Crippen molar-refractivity contribution in [1.29, 1.82) is 5.26 Å². The molecule has 0 radical (unpaired) electrons. The fourth-order valence-electron chi connectivity index (χ4n) is 4.60. The van der Waals surface area contributed by atoms with E-state index in [0.717, 1.165) is 37.7 Å². The molecule has 0 bridgehead atoms. The van der Waals surface area contributed by atoms with E-state index in [4.69, 9.17) is 0 Å². The molecule has 2 aromatic rings. The highest BCUT2D eigenvalue weighted by molar-refractivity contribution is 5.96. The number of hydrogen-bond acceptors (Lipinski definition) is 3. The Morgan fingerprint density at radius 1 is 1.34 bits per heavy atom. The van der Waals surface area contributed by atoms with E-state index in [-0.39, 0.29) is 29.1 Å². The molecule has 1 fully saturated rings. The third kappa shape index (κ3) is 4.16. The first-order valence-electron chi connectivity index (χ1n) is 11.0. The largest absolute Gasteiger partial charge is 0.332 e. The number of aromatic amines is 1. The first-order chi connectivity index (χ1) is 15.4. The van der Waals surface area contributed by atoms with Crippen LogP contribution in [0.4, 0.5) is 4.39 Å². The van der Waals surface area contributed by atoms with Crippen molar-refractivity contribution in [3.05, 3.63) is 82.5 Å². The van der Waals surface area contributed by atoms with Crippen molar-refractivity contribution >= 4 is 11.5 Å². The Hall–Kier alpha value is -3.46. The van der Waals surface area contributed by atoms with Crippen LogP contribution in [-0.2, 0) is 12.8 Å². The normalized spacial score (nSPS) is 18.9. The number of fused-ring (bicyclic) bond motifs is 1. The molecular weight excluding hydrogens is 403 g/mol. The third-order valence-electron chi connectivity index (χ3n) is 6.35.